The lowest BCUT2D eigenvalue weighted by Gasteiger charge is -1.96. The van der Waals surface area contributed by atoms with E-state index in [1.807, 2.05) is 0 Å². The van der Waals surface area contributed by atoms with E-state index in [2.05, 4.69) is 41.7 Å². The topological polar surface area (TPSA) is 0 Å². The van der Waals surface area contributed by atoms with Gasteiger partial charge in [0.1, 0.15) is 0 Å². The SMILES string of the molecule is CC/C=C\CCCCCCCI. The van der Waals surface area contributed by atoms with E-state index in [9.17, 15) is 0 Å². The minimum atomic E-state index is 1.19. The fourth-order valence-corrected chi connectivity index (χ4v) is 1.71. The Morgan fingerprint density at radius 3 is 2.25 bits per heavy atom. The van der Waals surface area contributed by atoms with Gasteiger partial charge in [-0.2, -0.15) is 0 Å². The van der Waals surface area contributed by atoms with Gasteiger partial charge in [0.05, 0.1) is 0 Å². The van der Waals surface area contributed by atoms with Crippen LogP contribution >= 0.6 is 22.6 Å². The van der Waals surface area contributed by atoms with E-state index < -0.39 is 0 Å². The zero-order chi connectivity index (χ0) is 9.07. The number of allylic oxidation sites excluding steroid dienone is 2. The Balaban J connectivity index is 2.86. The molecule has 0 saturated heterocycles. The summed E-state index contributed by atoms with van der Waals surface area (Å²) in [6.45, 7) is 2.19. The second-order valence-electron chi connectivity index (χ2n) is 3.13. The summed E-state index contributed by atoms with van der Waals surface area (Å²) in [6.07, 6.45) is 14.1. The third-order valence-corrected chi connectivity index (χ3v) is 2.67. The number of unbranched alkanes of at least 4 members (excludes halogenated alkanes) is 5. The molecule has 0 fully saturated rings. The van der Waals surface area contributed by atoms with Crippen LogP contribution in [-0.4, -0.2) is 4.43 Å². The van der Waals surface area contributed by atoms with Crippen LogP contribution in [0.1, 0.15) is 51.9 Å². The van der Waals surface area contributed by atoms with E-state index in [4.69, 9.17) is 0 Å². The first-order chi connectivity index (χ1) is 5.91. The predicted octanol–water partition coefficient (Wildman–Crippen LogP) is 4.73. The molecule has 72 valence electrons. The number of hydrogen-bond donors (Lipinski definition) is 0. The minimum absolute atomic E-state index is 1.19. The third kappa shape index (κ3) is 10.5. The average Bonchev–Trinajstić information content (AvgIpc) is 2.10. The normalized spacial score (nSPS) is 11.2. The van der Waals surface area contributed by atoms with Crippen molar-refractivity contribution in [3.05, 3.63) is 12.2 Å². The second kappa shape index (κ2) is 11.5. The Morgan fingerprint density at radius 1 is 0.917 bits per heavy atom. The number of hydrogen-bond acceptors (Lipinski definition) is 0. The van der Waals surface area contributed by atoms with Gasteiger partial charge in [-0.05, 0) is 30.1 Å². The van der Waals surface area contributed by atoms with Crippen molar-refractivity contribution in [2.75, 3.05) is 4.43 Å². The highest BCUT2D eigenvalue weighted by Gasteiger charge is 1.87. The summed E-state index contributed by atoms with van der Waals surface area (Å²) in [6, 6.07) is 0. The molecule has 0 saturated carbocycles. The van der Waals surface area contributed by atoms with E-state index in [1.165, 1.54) is 49.4 Å². The van der Waals surface area contributed by atoms with E-state index >= 15 is 0 Å². The van der Waals surface area contributed by atoms with Crippen LogP contribution < -0.4 is 0 Å². The van der Waals surface area contributed by atoms with Crippen molar-refractivity contribution in [2.45, 2.75) is 51.9 Å². The van der Waals surface area contributed by atoms with Crippen molar-refractivity contribution in [3.8, 4) is 0 Å². The zero-order valence-electron chi connectivity index (χ0n) is 8.19. The highest BCUT2D eigenvalue weighted by molar-refractivity contribution is 14.1. The van der Waals surface area contributed by atoms with E-state index in [0.29, 0.717) is 0 Å². The Kier molecular flexibility index (Phi) is 11.9. The maximum Gasteiger partial charge on any atom is -0.000473 e. The van der Waals surface area contributed by atoms with Crippen molar-refractivity contribution in [3.63, 3.8) is 0 Å². The van der Waals surface area contributed by atoms with Crippen LogP contribution in [0, 0.1) is 0 Å². The van der Waals surface area contributed by atoms with Gasteiger partial charge in [-0.15, -0.1) is 0 Å². The van der Waals surface area contributed by atoms with Gasteiger partial charge in [0.2, 0.25) is 0 Å². The molecule has 0 heterocycles. The van der Waals surface area contributed by atoms with Crippen molar-refractivity contribution in [1.82, 2.24) is 0 Å². The molecule has 0 aliphatic heterocycles. The monoisotopic (exact) mass is 280 g/mol. The molecule has 12 heavy (non-hydrogen) atoms. The summed E-state index contributed by atoms with van der Waals surface area (Å²) < 4.78 is 1.33. The third-order valence-electron chi connectivity index (χ3n) is 1.91. The summed E-state index contributed by atoms with van der Waals surface area (Å²) in [5, 5.41) is 0. The molecule has 1 heteroatoms. The fraction of sp³-hybridized carbons (Fsp3) is 0.818. The average molecular weight is 280 g/mol. The first kappa shape index (κ1) is 12.5. The van der Waals surface area contributed by atoms with Crippen LogP contribution in [0.3, 0.4) is 0 Å². The largest absolute Gasteiger partial charge is 0.0888 e. The number of alkyl halides is 1. The molecule has 0 N–H and O–H groups in total. The van der Waals surface area contributed by atoms with E-state index in [1.54, 1.807) is 0 Å². The molecule has 0 amide bonds. The van der Waals surface area contributed by atoms with Crippen LogP contribution in [-0.2, 0) is 0 Å². The van der Waals surface area contributed by atoms with E-state index in [-0.39, 0.29) is 0 Å². The maximum absolute atomic E-state index is 2.46. The van der Waals surface area contributed by atoms with Crippen LogP contribution in [0.25, 0.3) is 0 Å². The number of halogens is 1. The summed E-state index contributed by atoms with van der Waals surface area (Å²) in [5.41, 5.74) is 0. The lowest BCUT2D eigenvalue weighted by molar-refractivity contribution is 0.642. The quantitative estimate of drug-likeness (QED) is 0.261. The molecule has 0 aliphatic rings. The summed E-state index contributed by atoms with van der Waals surface area (Å²) in [5.74, 6) is 0. The van der Waals surface area contributed by atoms with Crippen LogP contribution in [0.5, 0.6) is 0 Å². The first-order valence-electron chi connectivity index (χ1n) is 5.12. The van der Waals surface area contributed by atoms with Gasteiger partial charge >= 0.3 is 0 Å². The van der Waals surface area contributed by atoms with Crippen LogP contribution in [0.4, 0.5) is 0 Å². The van der Waals surface area contributed by atoms with Gasteiger partial charge in [0.15, 0.2) is 0 Å². The Morgan fingerprint density at radius 2 is 1.58 bits per heavy atom. The highest BCUT2D eigenvalue weighted by atomic mass is 127. The standard InChI is InChI=1S/C11H21I/c1-2-3-4-5-6-7-8-9-10-11-12/h3-4H,2,5-11H2,1H3/b4-3-. The van der Waals surface area contributed by atoms with Crippen LogP contribution in [0.2, 0.25) is 0 Å². The van der Waals surface area contributed by atoms with Crippen molar-refractivity contribution >= 4 is 22.6 Å². The predicted molar refractivity (Wildman–Crippen MR) is 66.0 cm³/mol. The molecule has 0 spiro atoms. The molecule has 0 nitrogen and oxygen atoms in total. The van der Waals surface area contributed by atoms with Gasteiger partial charge in [-0.1, -0.05) is 60.9 Å². The highest BCUT2D eigenvalue weighted by Crippen LogP contribution is 2.06. The molecule has 0 aromatic heterocycles. The van der Waals surface area contributed by atoms with Gasteiger partial charge in [-0.25, -0.2) is 0 Å². The summed E-state index contributed by atoms with van der Waals surface area (Å²) in [7, 11) is 0. The molecule has 0 radical (unpaired) electrons. The van der Waals surface area contributed by atoms with Crippen molar-refractivity contribution in [2.24, 2.45) is 0 Å². The molecule has 0 aromatic rings. The summed E-state index contributed by atoms with van der Waals surface area (Å²) >= 11 is 2.46. The van der Waals surface area contributed by atoms with Crippen molar-refractivity contribution < 1.29 is 0 Å². The van der Waals surface area contributed by atoms with E-state index in [0.717, 1.165) is 0 Å². The van der Waals surface area contributed by atoms with Gasteiger partial charge in [-0.3, -0.25) is 0 Å². The molecule has 0 aromatic carbocycles. The Hall–Kier alpha value is 0.470. The lowest BCUT2D eigenvalue weighted by Crippen LogP contribution is -1.78. The molecule has 0 atom stereocenters. The molecule has 0 unspecified atom stereocenters. The summed E-state index contributed by atoms with van der Waals surface area (Å²) in [4.78, 5) is 0. The van der Waals surface area contributed by atoms with Gasteiger partial charge in [0, 0.05) is 0 Å². The Bertz CT molecular complexity index is 97.2. The zero-order valence-corrected chi connectivity index (χ0v) is 10.3. The molecule has 0 aliphatic carbocycles. The van der Waals surface area contributed by atoms with Gasteiger partial charge in [0.25, 0.3) is 0 Å². The van der Waals surface area contributed by atoms with Crippen molar-refractivity contribution in [1.29, 1.82) is 0 Å². The molecular formula is C11H21I. The minimum Gasteiger partial charge on any atom is -0.0888 e. The maximum atomic E-state index is 2.46. The fourth-order valence-electron chi connectivity index (χ4n) is 1.17. The van der Waals surface area contributed by atoms with Gasteiger partial charge < -0.3 is 0 Å². The molecular weight excluding hydrogens is 259 g/mol. The number of rotatable bonds is 8. The van der Waals surface area contributed by atoms with Crippen LogP contribution in [0.15, 0.2) is 12.2 Å². The smallest absolute Gasteiger partial charge is 0.000473 e. The molecule has 0 bridgehead atoms. The lowest BCUT2D eigenvalue weighted by atomic mass is 10.1. The first-order valence-corrected chi connectivity index (χ1v) is 6.65. The second-order valence-corrected chi connectivity index (χ2v) is 4.20. The Labute approximate surface area is 91.0 Å². The molecule has 0 rings (SSSR count).